The number of alkyl halides is 3. The molecule has 1 aromatic carbocycles. The standard InChI is InChI=1S/C19H17F3N4O3S/c20-19(21,22)14-6-1-4-13(10-14)5-2-8-23-15(27)12-30-18-25-24-16(29-18)11-26-9-3-7-17(26)28/h1,4,6,10H,3,7-9,11-12H2,(H,23,27). The van der Waals surface area contributed by atoms with Crippen LogP contribution in [0.1, 0.15) is 29.9 Å². The van der Waals surface area contributed by atoms with Crippen LogP contribution in [0.4, 0.5) is 13.2 Å². The zero-order chi connectivity index (χ0) is 21.6. The first kappa shape index (κ1) is 21.7. The van der Waals surface area contributed by atoms with Gasteiger partial charge in [-0.15, -0.1) is 10.2 Å². The number of nitrogens with zero attached hydrogens (tertiary/aromatic N) is 3. The van der Waals surface area contributed by atoms with Crippen molar-refractivity contribution in [2.75, 3.05) is 18.8 Å². The quantitative estimate of drug-likeness (QED) is 0.551. The molecule has 2 amide bonds. The summed E-state index contributed by atoms with van der Waals surface area (Å²) in [7, 11) is 0. The Bertz CT molecular complexity index is 981. The van der Waals surface area contributed by atoms with E-state index in [1.54, 1.807) is 4.90 Å². The normalized spacial score (nSPS) is 13.8. The van der Waals surface area contributed by atoms with Gasteiger partial charge in [-0.3, -0.25) is 9.59 Å². The van der Waals surface area contributed by atoms with E-state index < -0.39 is 11.7 Å². The van der Waals surface area contributed by atoms with Crippen LogP contribution < -0.4 is 5.32 Å². The lowest BCUT2D eigenvalue weighted by Gasteiger charge is -2.11. The topological polar surface area (TPSA) is 88.3 Å². The number of benzene rings is 1. The Morgan fingerprint density at radius 2 is 2.17 bits per heavy atom. The summed E-state index contributed by atoms with van der Waals surface area (Å²) in [5.74, 6) is 5.22. The highest BCUT2D eigenvalue weighted by Crippen LogP contribution is 2.29. The van der Waals surface area contributed by atoms with Crippen molar-refractivity contribution in [2.24, 2.45) is 0 Å². The third-order valence-electron chi connectivity index (χ3n) is 4.07. The summed E-state index contributed by atoms with van der Waals surface area (Å²) in [6, 6.07) is 4.66. The summed E-state index contributed by atoms with van der Waals surface area (Å²) in [6.45, 7) is 0.902. The van der Waals surface area contributed by atoms with E-state index in [1.807, 2.05) is 0 Å². The number of likely N-dealkylation sites (tertiary alicyclic amines) is 1. The second-order valence-electron chi connectivity index (χ2n) is 6.33. The minimum absolute atomic E-state index is 0.00944. The van der Waals surface area contributed by atoms with Crippen molar-refractivity contribution in [3.63, 3.8) is 0 Å². The first-order valence-electron chi connectivity index (χ1n) is 8.97. The highest BCUT2D eigenvalue weighted by molar-refractivity contribution is 7.99. The van der Waals surface area contributed by atoms with Crippen molar-refractivity contribution in [2.45, 2.75) is 30.8 Å². The van der Waals surface area contributed by atoms with Crippen LogP contribution in [-0.2, 0) is 22.3 Å². The fourth-order valence-electron chi connectivity index (χ4n) is 2.64. The van der Waals surface area contributed by atoms with Crippen LogP contribution in [0.3, 0.4) is 0 Å². The van der Waals surface area contributed by atoms with Crippen molar-refractivity contribution >= 4 is 23.6 Å². The van der Waals surface area contributed by atoms with E-state index in [-0.39, 0.29) is 41.4 Å². The van der Waals surface area contributed by atoms with Crippen molar-refractivity contribution in [1.82, 2.24) is 20.4 Å². The van der Waals surface area contributed by atoms with Gasteiger partial charge < -0.3 is 14.6 Å². The molecule has 0 atom stereocenters. The molecule has 1 N–H and O–H groups in total. The van der Waals surface area contributed by atoms with Crippen LogP contribution in [0.5, 0.6) is 0 Å². The highest BCUT2D eigenvalue weighted by atomic mass is 32.2. The number of halogens is 3. The lowest BCUT2D eigenvalue weighted by atomic mass is 10.1. The minimum Gasteiger partial charge on any atom is -0.414 e. The van der Waals surface area contributed by atoms with E-state index >= 15 is 0 Å². The van der Waals surface area contributed by atoms with Gasteiger partial charge in [-0.2, -0.15) is 13.2 Å². The second-order valence-corrected chi connectivity index (χ2v) is 7.25. The Labute approximate surface area is 174 Å². The molecule has 0 saturated carbocycles. The van der Waals surface area contributed by atoms with Gasteiger partial charge in [0.05, 0.1) is 24.4 Å². The summed E-state index contributed by atoms with van der Waals surface area (Å²) in [5.41, 5.74) is -0.564. The van der Waals surface area contributed by atoms with E-state index in [1.165, 1.54) is 12.1 Å². The monoisotopic (exact) mass is 438 g/mol. The Hall–Kier alpha value is -3.00. The van der Waals surface area contributed by atoms with Crippen LogP contribution in [-0.4, -0.2) is 45.8 Å². The maximum atomic E-state index is 12.7. The summed E-state index contributed by atoms with van der Waals surface area (Å²) in [4.78, 5) is 25.1. The second kappa shape index (κ2) is 9.67. The van der Waals surface area contributed by atoms with Crippen LogP contribution in [0.2, 0.25) is 0 Å². The zero-order valence-corrected chi connectivity index (χ0v) is 16.5. The molecule has 1 saturated heterocycles. The number of aromatic nitrogens is 2. The molecular formula is C19H17F3N4O3S. The number of amides is 2. The summed E-state index contributed by atoms with van der Waals surface area (Å²) in [5, 5.41) is 10.4. The van der Waals surface area contributed by atoms with E-state index in [0.29, 0.717) is 18.9 Å². The average molecular weight is 438 g/mol. The van der Waals surface area contributed by atoms with Gasteiger partial charge in [-0.1, -0.05) is 29.7 Å². The van der Waals surface area contributed by atoms with Crippen LogP contribution in [0, 0.1) is 11.8 Å². The predicted octanol–water partition coefficient (Wildman–Crippen LogP) is 2.47. The van der Waals surface area contributed by atoms with E-state index in [4.69, 9.17) is 4.42 Å². The largest absolute Gasteiger partial charge is 0.416 e. The third-order valence-corrected chi connectivity index (χ3v) is 4.89. The molecule has 0 aliphatic carbocycles. The molecule has 3 rings (SSSR count). The highest BCUT2D eigenvalue weighted by Gasteiger charge is 2.30. The molecule has 0 spiro atoms. The summed E-state index contributed by atoms with van der Waals surface area (Å²) in [6.07, 6.45) is -3.10. The number of thioether (sulfide) groups is 1. The van der Waals surface area contributed by atoms with Crippen molar-refractivity contribution in [1.29, 1.82) is 0 Å². The first-order chi connectivity index (χ1) is 14.3. The molecular weight excluding hydrogens is 421 g/mol. The maximum absolute atomic E-state index is 12.7. The predicted molar refractivity (Wildman–Crippen MR) is 101 cm³/mol. The molecule has 1 fully saturated rings. The molecule has 1 aliphatic heterocycles. The molecule has 2 heterocycles. The number of hydrogen-bond donors (Lipinski definition) is 1. The SMILES string of the molecule is O=C(CSc1nnc(CN2CCCC2=O)o1)NCC#Cc1cccc(C(F)(F)F)c1. The third kappa shape index (κ3) is 6.25. The first-order valence-corrected chi connectivity index (χ1v) is 9.95. The van der Waals surface area contributed by atoms with Gasteiger partial charge in [0.15, 0.2) is 0 Å². The molecule has 0 bridgehead atoms. The molecule has 1 aromatic heterocycles. The smallest absolute Gasteiger partial charge is 0.414 e. The number of carbonyl (C=O) groups is 2. The maximum Gasteiger partial charge on any atom is 0.416 e. The Morgan fingerprint density at radius 3 is 2.90 bits per heavy atom. The zero-order valence-electron chi connectivity index (χ0n) is 15.7. The fraction of sp³-hybridized carbons (Fsp3) is 0.368. The Balaban J connectivity index is 1.41. The Morgan fingerprint density at radius 1 is 1.33 bits per heavy atom. The van der Waals surface area contributed by atoms with Gasteiger partial charge in [0.2, 0.25) is 17.7 Å². The summed E-state index contributed by atoms with van der Waals surface area (Å²) >= 11 is 1.04. The van der Waals surface area contributed by atoms with Gasteiger partial charge in [-0.05, 0) is 24.6 Å². The number of hydrogen-bond acceptors (Lipinski definition) is 6. The van der Waals surface area contributed by atoms with Gasteiger partial charge in [0, 0.05) is 18.5 Å². The molecule has 30 heavy (non-hydrogen) atoms. The van der Waals surface area contributed by atoms with Crippen LogP contribution in [0.15, 0.2) is 33.9 Å². The molecule has 7 nitrogen and oxygen atoms in total. The van der Waals surface area contributed by atoms with Gasteiger partial charge >= 0.3 is 6.18 Å². The van der Waals surface area contributed by atoms with Crippen molar-refractivity contribution in [3.8, 4) is 11.8 Å². The van der Waals surface area contributed by atoms with E-state index in [2.05, 4.69) is 27.4 Å². The number of rotatable bonds is 6. The average Bonchev–Trinajstić information content (AvgIpc) is 3.32. The molecule has 158 valence electrons. The van der Waals surface area contributed by atoms with Gasteiger partial charge in [-0.25, -0.2) is 0 Å². The minimum atomic E-state index is -4.43. The van der Waals surface area contributed by atoms with Gasteiger partial charge in [0.1, 0.15) is 0 Å². The molecule has 11 heteroatoms. The lowest BCUT2D eigenvalue weighted by molar-refractivity contribution is -0.137. The lowest BCUT2D eigenvalue weighted by Crippen LogP contribution is -2.25. The number of nitrogens with one attached hydrogen (secondary N) is 1. The number of carbonyl (C=O) groups excluding carboxylic acids is 2. The molecule has 0 unspecified atom stereocenters. The molecule has 0 radical (unpaired) electrons. The van der Waals surface area contributed by atoms with E-state index in [0.717, 1.165) is 30.3 Å². The molecule has 2 aromatic rings. The molecule has 1 aliphatic rings. The van der Waals surface area contributed by atoms with Crippen LogP contribution in [0.25, 0.3) is 0 Å². The van der Waals surface area contributed by atoms with E-state index in [9.17, 15) is 22.8 Å². The Kier molecular flexibility index (Phi) is 6.99. The van der Waals surface area contributed by atoms with Gasteiger partial charge in [0.25, 0.3) is 5.22 Å². The van der Waals surface area contributed by atoms with Crippen molar-refractivity contribution < 1.29 is 27.2 Å². The fourth-order valence-corrected chi connectivity index (χ4v) is 3.25. The summed E-state index contributed by atoms with van der Waals surface area (Å²) < 4.78 is 43.4. The van der Waals surface area contributed by atoms with Crippen molar-refractivity contribution in [3.05, 3.63) is 41.3 Å². The van der Waals surface area contributed by atoms with Crippen LogP contribution >= 0.6 is 11.8 Å².